The highest BCUT2D eigenvalue weighted by molar-refractivity contribution is 4.97. The molecule has 0 radical (unpaired) electrons. The summed E-state index contributed by atoms with van der Waals surface area (Å²) in [5.74, 6) is 0. The first-order chi connectivity index (χ1) is 6.34. The Balaban J connectivity index is 1.74. The number of hydrogen-bond donors (Lipinski definition) is 2. The van der Waals surface area contributed by atoms with Gasteiger partial charge in [-0.25, -0.2) is 4.39 Å². The second-order valence-corrected chi connectivity index (χ2v) is 3.57. The minimum absolute atomic E-state index is 0.346. The van der Waals surface area contributed by atoms with Gasteiger partial charge in [-0.15, -0.1) is 0 Å². The zero-order chi connectivity index (χ0) is 9.10. The van der Waals surface area contributed by atoms with Crippen molar-refractivity contribution in [2.45, 2.75) is 38.0 Å². The monoisotopic (exact) mass is 183 g/mol. The highest BCUT2D eigenvalue weighted by Crippen LogP contribution is 2.21. The molecule has 1 saturated carbocycles. The first-order valence-electron chi connectivity index (χ1n) is 4.70. The second-order valence-electron chi connectivity index (χ2n) is 3.57. The lowest BCUT2D eigenvalue weighted by Gasteiger charge is -2.09. The smallest absolute Gasteiger partial charge is 0.102 e. The third kappa shape index (κ3) is 2.28. The van der Waals surface area contributed by atoms with Crippen molar-refractivity contribution in [3.05, 3.63) is 18.0 Å². The van der Waals surface area contributed by atoms with E-state index in [4.69, 9.17) is 0 Å². The number of nitrogens with zero attached hydrogens (tertiary/aromatic N) is 1. The molecule has 1 aromatic rings. The van der Waals surface area contributed by atoms with Crippen molar-refractivity contribution in [1.82, 2.24) is 15.5 Å². The van der Waals surface area contributed by atoms with E-state index in [1.54, 1.807) is 6.20 Å². The summed E-state index contributed by atoms with van der Waals surface area (Å²) in [6.45, 7) is 0.761. The van der Waals surface area contributed by atoms with Crippen molar-refractivity contribution < 1.29 is 4.39 Å². The Morgan fingerprint density at radius 2 is 2.54 bits per heavy atom. The number of hydrogen-bond acceptors (Lipinski definition) is 2. The van der Waals surface area contributed by atoms with Crippen LogP contribution >= 0.6 is 0 Å². The summed E-state index contributed by atoms with van der Waals surface area (Å²) in [5, 5.41) is 10.0. The van der Waals surface area contributed by atoms with Gasteiger partial charge in [-0.05, 0) is 25.3 Å². The Kier molecular flexibility index (Phi) is 2.59. The molecule has 1 aliphatic rings. The van der Waals surface area contributed by atoms with E-state index in [2.05, 4.69) is 15.5 Å². The van der Waals surface area contributed by atoms with Gasteiger partial charge in [-0.3, -0.25) is 5.10 Å². The molecule has 13 heavy (non-hydrogen) atoms. The van der Waals surface area contributed by atoms with Gasteiger partial charge in [0.25, 0.3) is 0 Å². The van der Waals surface area contributed by atoms with Crippen LogP contribution in [0.5, 0.6) is 0 Å². The molecular formula is C9H14FN3. The number of alkyl halides is 1. The number of H-pyrrole nitrogens is 1. The van der Waals surface area contributed by atoms with Crippen molar-refractivity contribution in [2.75, 3.05) is 0 Å². The van der Waals surface area contributed by atoms with Crippen LogP contribution < -0.4 is 5.32 Å². The summed E-state index contributed by atoms with van der Waals surface area (Å²) < 4.78 is 12.8. The molecule has 1 fully saturated rings. The molecule has 1 heterocycles. The number of halogens is 1. The summed E-state index contributed by atoms with van der Waals surface area (Å²) in [5.41, 5.74) is 1.06. The van der Waals surface area contributed by atoms with Gasteiger partial charge < -0.3 is 5.32 Å². The molecule has 0 bridgehead atoms. The third-order valence-corrected chi connectivity index (χ3v) is 2.51. The van der Waals surface area contributed by atoms with Crippen LogP contribution in [0, 0.1) is 0 Å². The molecule has 2 N–H and O–H groups in total. The maximum absolute atomic E-state index is 12.8. The molecular weight excluding hydrogens is 169 g/mol. The summed E-state index contributed by atoms with van der Waals surface area (Å²) >= 11 is 0. The molecule has 0 spiro atoms. The topological polar surface area (TPSA) is 40.7 Å². The molecule has 2 unspecified atom stereocenters. The van der Waals surface area contributed by atoms with E-state index < -0.39 is 6.17 Å². The molecule has 2 atom stereocenters. The second kappa shape index (κ2) is 3.87. The van der Waals surface area contributed by atoms with Crippen LogP contribution in [0.2, 0.25) is 0 Å². The first kappa shape index (κ1) is 8.69. The average Bonchev–Trinajstić information content (AvgIpc) is 2.71. The molecule has 0 aliphatic heterocycles. The minimum atomic E-state index is -0.598. The number of aromatic nitrogens is 2. The van der Waals surface area contributed by atoms with Crippen molar-refractivity contribution in [3.8, 4) is 0 Å². The lowest BCUT2D eigenvalue weighted by Crippen LogP contribution is -2.26. The van der Waals surface area contributed by atoms with E-state index in [0.29, 0.717) is 18.9 Å². The van der Waals surface area contributed by atoms with Crippen LogP contribution in [0.1, 0.15) is 25.0 Å². The lowest BCUT2D eigenvalue weighted by molar-refractivity contribution is 0.333. The standard InChI is InChI=1S/C9H14FN3/c10-7-1-2-8(5-7)11-6-9-3-4-12-13-9/h3-4,7-8,11H,1-2,5-6H2,(H,12,13). The highest BCUT2D eigenvalue weighted by Gasteiger charge is 2.23. The minimum Gasteiger partial charge on any atom is -0.308 e. The van der Waals surface area contributed by atoms with Crippen molar-refractivity contribution in [1.29, 1.82) is 0 Å². The SMILES string of the molecule is FC1CCC(NCc2ccn[nH]2)C1. The lowest BCUT2D eigenvalue weighted by atomic mass is 10.2. The molecule has 72 valence electrons. The Labute approximate surface area is 76.7 Å². The molecule has 0 amide bonds. The fourth-order valence-corrected chi connectivity index (χ4v) is 1.75. The normalized spacial score (nSPS) is 28.1. The van der Waals surface area contributed by atoms with E-state index in [0.717, 1.165) is 18.7 Å². The Morgan fingerprint density at radius 1 is 1.62 bits per heavy atom. The van der Waals surface area contributed by atoms with Gasteiger partial charge >= 0.3 is 0 Å². The van der Waals surface area contributed by atoms with Gasteiger partial charge in [-0.2, -0.15) is 5.10 Å². The summed E-state index contributed by atoms with van der Waals surface area (Å²) in [6.07, 6.45) is 3.45. The van der Waals surface area contributed by atoms with Crippen molar-refractivity contribution in [2.24, 2.45) is 0 Å². The zero-order valence-electron chi connectivity index (χ0n) is 7.46. The van der Waals surface area contributed by atoms with Gasteiger partial charge in [0, 0.05) is 24.5 Å². The number of aromatic amines is 1. The van der Waals surface area contributed by atoms with Gasteiger partial charge in [0.05, 0.1) is 0 Å². The molecule has 4 heteroatoms. The molecule has 1 aromatic heterocycles. The molecule has 2 rings (SSSR count). The van der Waals surface area contributed by atoms with Crippen LogP contribution in [-0.2, 0) is 6.54 Å². The molecule has 1 aliphatic carbocycles. The number of nitrogens with one attached hydrogen (secondary N) is 2. The van der Waals surface area contributed by atoms with E-state index in [9.17, 15) is 4.39 Å². The van der Waals surface area contributed by atoms with Crippen LogP contribution in [0.3, 0.4) is 0 Å². The van der Waals surface area contributed by atoms with Crippen molar-refractivity contribution >= 4 is 0 Å². The van der Waals surface area contributed by atoms with Crippen LogP contribution in [-0.4, -0.2) is 22.4 Å². The summed E-state index contributed by atoms with van der Waals surface area (Å²) in [6, 6.07) is 2.27. The van der Waals surface area contributed by atoms with E-state index in [1.165, 1.54) is 0 Å². The highest BCUT2D eigenvalue weighted by atomic mass is 19.1. The van der Waals surface area contributed by atoms with Gasteiger partial charge in [0.15, 0.2) is 0 Å². The van der Waals surface area contributed by atoms with Gasteiger partial charge in [-0.1, -0.05) is 0 Å². The quantitative estimate of drug-likeness (QED) is 0.743. The van der Waals surface area contributed by atoms with Crippen molar-refractivity contribution in [3.63, 3.8) is 0 Å². The zero-order valence-corrected chi connectivity index (χ0v) is 7.46. The van der Waals surface area contributed by atoms with Gasteiger partial charge in [0.2, 0.25) is 0 Å². The van der Waals surface area contributed by atoms with E-state index in [-0.39, 0.29) is 0 Å². The maximum atomic E-state index is 12.8. The number of rotatable bonds is 3. The Bertz CT molecular complexity index is 247. The van der Waals surface area contributed by atoms with Gasteiger partial charge in [0.1, 0.15) is 6.17 Å². The molecule has 0 aromatic carbocycles. The Morgan fingerprint density at radius 3 is 3.15 bits per heavy atom. The Hall–Kier alpha value is -0.900. The molecule has 3 nitrogen and oxygen atoms in total. The van der Waals surface area contributed by atoms with E-state index >= 15 is 0 Å². The van der Waals surface area contributed by atoms with E-state index in [1.807, 2.05) is 6.07 Å². The first-order valence-corrected chi connectivity index (χ1v) is 4.70. The predicted octanol–water partition coefficient (Wildman–Crippen LogP) is 1.39. The predicted molar refractivity (Wildman–Crippen MR) is 48.0 cm³/mol. The van der Waals surface area contributed by atoms with Crippen LogP contribution in [0.25, 0.3) is 0 Å². The largest absolute Gasteiger partial charge is 0.308 e. The van der Waals surface area contributed by atoms with Crippen LogP contribution in [0.15, 0.2) is 12.3 Å². The molecule has 0 saturated heterocycles. The third-order valence-electron chi connectivity index (χ3n) is 2.51. The fraction of sp³-hybridized carbons (Fsp3) is 0.667. The van der Waals surface area contributed by atoms with Crippen LogP contribution in [0.4, 0.5) is 4.39 Å². The average molecular weight is 183 g/mol. The summed E-state index contributed by atoms with van der Waals surface area (Å²) in [7, 11) is 0. The summed E-state index contributed by atoms with van der Waals surface area (Å²) in [4.78, 5) is 0. The fourth-order valence-electron chi connectivity index (χ4n) is 1.75. The maximum Gasteiger partial charge on any atom is 0.102 e.